The minimum atomic E-state index is -2.29. The molecule has 3 heterocycles. The van der Waals surface area contributed by atoms with Gasteiger partial charge in [0.05, 0.1) is 79.6 Å². The van der Waals surface area contributed by atoms with E-state index in [0.29, 0.717) is 0 Å². The number of ether oxygens (including phenoxy) is 4. The fourth-order valence-corrected chi connectivity index (χ4v) is 7.97. The molecule has 377 valence electrons. The zero-order chi connectivity index (χ0) is 48.4. The van der Waals surface area contributed by atoms with Crippen LogP contribution in [0.2, 0.25) is 0 Å². The largest absolute Gasteiger partial charge is 2.00 e. The van der Waals surface area contributed by atoms with E-state index in [1.165, 1.54) is 13.0 Å². The van der Waals surface area contributed by atoms with Crippen molar-refractivity contribution in [3.8, 4) is 0 Å². The van der Waals surface area contributed by atoms with E-state index in [0.717, 1.165) is 0 Å². The van der Waals surface area contributed by atoms with E-state index in [1.807, 2.05) is 13.0 Å². The van der Waals surface area contributed by atoms with Crippen molar-refractivity contribution in [3.05, 3.63) is 85.1 Å². The van der Waals surface area contributed by atoms with Crippen molar-refractivity contribution < 1.29 is 102 Å². The first-order valence-corrected chi connectivity index (χ1v) is 22.3. The third kappa shape index (κ3) is 19.6. The van der Waals surface area contributed by atoms with Gasteiger partial charge in [-0.15, -0.1) is 0 Å². The SMILES string of the molecule is C[C@H]1[C@H](O)[C@@H](C)/C=C/C=C/C=C/C=C/C=C/C=C/C=C/[C@H](O[C@@H]2O[C@H](C)[C@@H](O)[C@H](N)[C@@H]2O)C[C@@H]2O[C@](O)(C[C@@H](O)C[C@@H](O)CC[C@H](O)[C@@H](O)C[C@@H](O)CC(=O)O[C@H]1C)C[C@H](O)[C@H]2C(=O)O.[Cu+2]. The molecule has 0 aromatic heterocycles. The Morgan fingerprint density at radius 3 is 1.80 bits per heavy atom. The van der Waals surface area contributed by atoms with E-state index >= 15 is 0 Å². The van der Waals surface area contributed by atoms with E-state index in [2.05, 4.69) is 0 Å². The van der Waals surface area contributed by atoms with Crippen LogP contribution >= 0.6 is 0 Å². The molecule has 19 heteroatoms. The first-order valence-electron chi connectivity index (χ1n) is 22.3. The third-order valence-electron chi connectivity index (χ3n) is 12.0. The van der Waals surface area contributed by atoms with E-state index in [-0.39, 0.29) is 48.7 Å². The smallest absolute Gasteiger partial charge is 0.481 e. The zero-order valence-electron chi connectivity index (χ0n) is 37.9. The van der Waals surface area contributed by atoms with Crippen molar-refractivity contribution in [2.75, 3.05) is 0 Å². The maximum atomic E-state index is 12.6. The van der Waals surface area contributed by atoms with Crippen molar-refractivity contribution in [3.63, 3.8) is 0 Å². The van der Waals surface area contributed by atoms with Gasteiger partial charge in [-0.25, -0.2) is 0 Å². The van der Waals surface area contributed by atoms with Crippen LogP contribution in [0.5, 0.6) is 0 Å². The summed E-state index contributed by atoms with van der Waals surface area (Å²) in [5, 5.41) is 118. The molecule has 3 aliphatic rings. The average Bonchev–Trinajstić information content (AvgIpc) is 3.21. The minimum Gasteiger partial charge on any atom is -0.481 e. The second-order valence-corrected chi connectivity index (χ2v) is 17.6. The number of aliphatic carboxylic acids is 1. The Morgan fingerprint density at radius 2 is 1.23 bits per heavy atom. The van der Waals surface area contributed by atoms with Gasteiger partial charge in [-0.05, 0) is 33.1 Å². The van der Waals surface area contributed by atoms with Gasteiger partial charge in [0, 0.05) is 37.5 Å². The summed E-state index contributed by atoms with van der Waals surface area (Å²) < 4.78 is 23.1. The fourth-order valence-electron chi connectivity index (χ4n) is 7.97. The molecule has 2 saturated heterocycles. The number of allylic oxidation sites excluding steroid dienone is 12. The van der Waals surface area contributed by atoms with Crippen LogP contribution in [0.15, 0.2) is 85.1 Å². The van der Waals surface area contributed by atoms with Gasteiger partial charge < -0.3 is 80.9 Å². The second kappa shape index (κ2) is 29.2. The number of cyclic esters (lactones) is 1. The van der Waals surface area contributed by atoms with Gasteiger partial charge in [0.15, 0.2) is 12.1 Å². The molecule has 1 radical (unpaired) electrons. The number of aliphatic hydroxyl groups is 10. The third-order valence-corrected chi connectivity index (χ3v) is 12.0. The normalized spacial score (nSPS) is 44.8. The molecule has 3 aliphatic heterocycles. The Bertz CT molecular complexity index is 1670. The molecule has 0 aromatic rings. The number of hydrogen-bond acceptors (Lipinski definition) is 17. The maximum Gasteiger partial charge on any atom is 2.00 e. The fraction of sp³-hybridized carbons (Fsp3) is 0.660. The molecule has 19 atom stereocenters. The summed E-state index contributed by atoms with van der Waals surface area (Å²) in [7, 11) is 0. The molecule has 13 N–H and O–H groups in total. The van der Waals surface area contributed by atoms with Crippen molar-refractivity contribution in [1.29, 1.82) is 0 Å². The molecule has 18 nitrogen and oxygen atoms in total. The zero-order valence-corrected chi connectivity index (χ0v) is 38.8. The molecule has 0 aromatic carbocycles. The Morgan fingerprint density at radius 1 is 0.667 bits per heavy atom. The Balaban J connectivity index is 0.0000150. The summed E-state index contributed by atoms with van der Waals surface area (Å²) in [6.07, 6.45) is 3.55. The van der Waals surface area contributed by atoms with Crippen LogP contribution in [0.1, 0.15) is 79.1 Å². The summed E-state index contributed by atoms with van der Waals surface area (Å²) in [5.41, 5.74) is 6.02. The molecule has 66 heavy (non-hydrogen) atoms. The van der Waals surface area contributed by atoms with E-state index < -0.39 is 147 Å². The molecule has 0 amide bonds. The maximum absolute atomic E-state index is 12.6. The Labute approximate surface area is 397 Å². The number of carbonyl (C=O) groups is 2. The number of aliphatic hydroxyl groups excluding tert-OH is 9. The number of esters is 1. The van der Waals surface area contributed by atoms with Gasteiger partial charge >= 0.3 is 29.0 Å². The van der Waals surface area contributed by atoms with Crippen LogP contribution in [0.25, 0.3) is 0 Å². The standard InChI is InChI=1S/C47H73NO17.Cu/c1-27-17-15-13-11-9-7-5-6-8-10-12-14-16-18-34(64-46-44(58)41(48)43(57)30(4)63-46)24-38-40(45(59)60)37(54)26-47(61,65-38)25-33(51)21-31(49)19-20-35(52)36(53)22-32(50)23-39(55)62-29(3)28(2)42(27)56;/h5-18,27-38,40-44,46,49-54,56-58,61H,19-26,48H2,1-4H3,(H,59,60);/q;+2/b6-5+,9-7+,10-8+,13-11+,14-12+,17-15+,18-16+;/t27-,28+,29-,30+,31-,32+,33-,34-,35-,36-,37-,38-,40+,41-,42+,43+,44-,46-,47+;/m0./s1. The molecule has 2 bridgehead atoms. The first kappa shape index (κ1) is 59.2. The molecule has 0 aliphatic carbocycles. The number of hydrogen-bond donors (Lipinski definition) is 12. The summed E-state index contributed by atoms with van der Waals surface area (Å²) in [6.45, 7) is 6.72. The molecule has 0 spiro atoms. The van der Waals surface area contributed by atoms with Gasteiger partial charge in [0.1, 0.15) is 18.1 Å². The van der Waals surface area contributed by atoms with Gasteiger partial charge in [0.25, 0.3) is 0 Å². The van der Waals surface area contributed by atoms with Crippen LogP contribution in [0, 0.1) is 17.8 Å². The average molecular weight is 988 g/mol. The van der Waals surface area contributed by atoms with Crippen LogP contribution in [0.4, 0.5) is 0 Å². The number of carboxylic acid groups (broad SMARTS) is 1. The topological polar surface area (TPSA) is 320 Å². The molecule has 0 saturated carbocycles. The number of nitrogens with two attached hydrogens (primary N) is 1. The molecule has 0 unspecified atom stereocenters. The number of rotatable bonds is 3. The number of carboxylic acids is 1. The quantitative estimate of drug-likeness (QED) is 0.137. The van der Waals surface area contributed by atoms with E-state index in [4.69, 9.17) is 24.7 Å². The van der Waals surface area contributed by atoms with Gasteiger partial charge in [-0.3, -0.25) is 9.59 Å². The Kier molecular flexibility index (Phi) is 26.2. The predicted molar refractivity (Wildman–Crippen MR) is 237 cm³/mol. The van der Waals surface area contributed by atoms with Crippen LogP contribution in [-0.2, 0) is 45.6 Å². The first-order chi connectivity index (χ1) is 30.6. The molecular formula is C47H73CuNO17+2. The van der Waals surface area contributed by atoms with Gasteiger partial charge in [0.2, 0.25) is 0 Å². The molecule has 2 fully saturated rings. The summed E-state index contributed by atoms with van der Waals surface area (Å²) in [5.74, 6) is -6.82. The Hall–Kier alpha value is -2.92. The molecular weight excluding hydrogens is 914 g/mol. The summed E-state index contributed by atoms with van der Waals surface area (Å²) >= 11 is 0. The molecule has 3 rings (SSSR count). The minimum absolute atomic E-state index is 0. The number of carbonyl (C=O) groups excluding carboxylic acids is 1. The van der Waals surface area contributed by atoms with Crippen LogP contribution in [-0.4, -0.2) is 166 Å². The monoisotopic (exact) mass is 986 g/mol. The van der Waals surface area contributed by atoms with Crippen molar-refractivity contribution >= 4 is 11.9 Å². The van der Waals surface area contributed by atoms with Crippen molar-refractivity contribution in [1.82, 2.24) is 0 Å². The number of fused-ring (bicyclic) bond motifs is 2. The van der Waals surface area contributed by atoms with Crippen molar-refractivity contribution in [2.45, 2.75) is 177 Å². The van der Waals surface area contributed by atoms with Gasteiger partial charge in [-0.1, -0.05) is 98.9 Å². The van der Waals surface area contributed by atoms with E-state index in [1.54, 1.807) is 86.8 Å². The predicted octanol–water partition coefficient (Wildman–Crippen LogP) is 0.709. The second-order valence-electron chi connectivity index (χ2n) is 17.6. The van der Waals surface area contributed by atoms with Crippen LogP contribution < -0.4 is 5.73 Å². The van der Waals surface area contributed by atoms with Crippen molar-refractivity contribution in [2.24, 2.45) is 23.5 Å². The summed E-state index contributed by atoms with van der Waals surface area (Å²) in [4.78, 5) is 25.1. The van der Waals surface area contributed by atoms with E-state index in [9.17, 15) is 65.8 Å². The summed E-state index contributed by atoms with van der Waals surface area (Å²) in [6, 6.07) is -1.14. The van der Waals surface area contributed by atoms with Gasteiger partial charge in [-0.2, -0.15) is 0 Å². The van der Waals surface area contributed by atoms with Crippen LogP contribution in [0.3, 0.4) is 0 Å².